The smallest absolute Gasteiger partial charge is 0.242 e. The first-order chi connectivity index (χ1) is 8.19. The second-order valence-electron chi connectivity index (χ2n) is 6.98. The van der Waals surface area contributed by atoms with Gasteiger partial charge in [0.1, 0.15) is 0 Å². The second kappa shape index (κ2) is 5.60. The summed E-state index contributed by atoms with van der Waals surface area (Å²) < 4.78 is 0. The molecular formula is C15H30N2O. The molecule has 1 fully saturated rings. The standard InChI is InChI=1S/C15H30N2O/c1-6-9-15(4,16)13(18)17(5)12-7-10-14(2,3)11-8-12/h12H,6-11,16H2,1-5H3. The average Bonchev–Trinajstić information content (AvgIpc) is 2.27. The maximum Gasteiger partial charge on any atom is 0.242 e. The van der Waals surface area contributed by atoms with E-state index in [1.165, 1.54) is 12.8 Å². The fraction of sp³-hybridized carbons (Fsp3) is 0.933. The summed E-state index contributed by atoms with van der Waals surface area (Å²) in [6.07, 6.45) is 6.32. The van der Waals surface area contributed by atoms with Crippen molar-refractivity contribution in [2.24, 2.45) is 11.1 Å². The van der Waals surface area contributed by atoms with Gasteiger partial charge in [0.2, 0.25) is 5.91 Å². The van der Waals surface area contributed by atoms with Gasteiger partial charge < -0.3 is 10.6 Å². The van der Waals surface area contributed by atoms with Crippen molar-refractivity contribution in [2.45, 2.75) is 77.8 Å². The molecule has 1 rings (SSSR count). The predicted octanol–water partition coefficient (Wildman–Crippen LogP) is 2.93. The van der Waals surface area contributed by atoms with Crippen LogP contribution in [0.4, 0.5) is 0 Å². The van der Waals surface area contributed by atoms with Crippen LogP contribution in [-0.2, 0) is 4.79 Å². The minimum Gasteiger partial charge on any atom is -0.341 e. The van der Waals surface area contributed by atoms with Crippen LogP contribution in [0.25, 0.3) is 0 Å². The highest BCUT2D eigenvalue weighted by Gasteiger charge is 2.36. The number of nitrogens with zero attached hydrogens (tertiary/aromatic N) is 1. The normalized spacial score (nSPS) is 23.4. The Morgan fingerprint density at radius 2 is 1.89 bits per heavy atom. The molecule has 0 heterocycles. The summed E-state index contributed by atoms with van der Waals surface area (Å²) in [6, 6.07) is 0.380. The quantitative estimate of drug-likeness (QED) is 0.838. The van der Waals surface area contributed by atoms with Crippen molar-refractivity contribution >= 4 is 5.91 Å². The molecule has 0 radical (unpaired) electrons. The molecule has 1 aliphatic rings. The van der Waals surface area contributed by atoms with Crippen LogP contribution >= 0.6 is 0 Å². The fourth-order valence-electron chi connectivity index (χ4n) is 2.97. The van der Waals surface area contributed by atoms with Crippen molar-refractivity contribution in [3.05, 3.63) is 0 Å². The van der Waals surface area contributed by atoms with Crippen molar-refractivity contribution in [1.82, 2.24) is 4.90 Å². The van der Waals surface area contributed by atoms with Crippen LogP contribution in [0.15, 0.2) is 0 Å². The van der Waals surface area contributed by atoms with Gasteiger partial charge >= 0.3 is 0 Å². The van der Waals surface area contributed by atoms with E-state index in [4.69, 9.17) is 5.73 Å². The van der Waals surface area contributed by atoms with Crippen molar-refractivity contribution in [2.75, 3.05) is 7.05 Å². The highest BCUT2D eigenvalue weighted by atomic mass is 16.2. The molecule has 0 bridgehead atoms. The molecule has 0 spiro atoms. The molecule has 3 heteroatoms. The fourth-order valence-corrected chi connectivity index (χ4v) is 2.97. The monoisotopic (exact) mass is 254 g/mol. The number of carbonyl (C=O) groups is 1. The van der Waals surface area contributed by atoms with Crippen LogP contribution in [0.5, 0.6) is 0 Å². The molecule has 0 aromatic rings. The van der Waals surface area contributed by atoms with Gasteiger partial charge in [0.15, 0.2) is 0 Å². The van der Waals surface area contributed by atoms with E-state index in [-0.39, 0.29) is 5.91 Å². The van der Waals surface area contributed by atoms with E-state index in [1.807, 2.05) is 18.9 Å². The van der Waals surface area contributed by atoms with Gasteiger partial charge in [-0.3, -0.25) is 4.79 Å². The number of rotatable bonds is 4. The molecule has 1 saturated carbocycles. The first kappa shape index (κ1) is 15.5. The molecular weight excluding hydrogens is 224 g/mol. The Kier molecular flexibility index (Phi) is 4.82. The molecule has 18 heavy (non-hydrogen) atoms. The molecule has 106 valence electrons. The Labute approximate surface area is 112 Å². The van der Waals surface area contributed by atoms with Crippen LogP contribution in [-0.4, -0.2) is 29.4 Å². The van der Waals surface area contributed by atoms with Gasteiger partial charge in [-0.05, 0) is 44.4 Å². The van der Waals surface area contributed by atoms with Gasteiger partial charge in [0.05, 0.1) is 5.54 Å². The largest absolute Gasteiger partial charge is 0.341 e. The lowest BCUT2D eigenvalue weighted by Crippen LogP contribution is -2.55. The molecule has 1 unspecified atom stereocenters. The first-order valence-electron chi connectivity index (χ1n) is 7.26. The third kappa shape index (κ3) is 3.71. The Hall–Kier alpha value is -0.570. The van der Waals surface area contributed by atoms with Gasteiger partial charge in [-0.15, -0.1) is 0 Å². The number of hydrogen-bond acceptors (Lipinski definition) is 2. The van der Waals surface area contributed by atoms with E-state index >= 15 is 0 Å². The number of nitrogens with two attached hydrogens (primary N) is 1. The zero-order valence-electron chi connectivity index (χ0n) is 12.8. The Morgan fingerprint density at radius 3 is 2.33 bits per heavy atom. The van der Waals surface area contributed by atoms with Crippen LogP contribution in [0, 0.1) is 5.41 Å². The molecule has 0 saturated heterocycles. The van der Waals surface area contributed by atoms with E-state index in [9.17, 15) is 4.79 Å². The van der Waals surface area contributed by atoms with E-state index < -0.39 is 5.54 Å². The van der Waals surface area contributed by atoms with E-state index in [0.717, 1.165) is 25.7 Å². The highest BCUT2D eigenvalue weighted by molar-refractivity contribution is 5.85. The number of hydrogen-bond donors (Lipinski definition) is 1. The summed E-state index contributed by atoms with van der Waals surface area (Å²) in [5.74, 6) is 0.106. The van der Waals surface area contributed by atoms with Crippen LogP contribution < -0.4 is 5.73 Å². The molecule has 0 aromatic heterocycles. The molecule has 1 amide bonds. The third-order valence-corrected chi connectivity index (χ3v) is 4.43. The second-order valence-corrected chi connectivity index (χ2v) is 6.98. The molecule has 0 aliphatic heterocycles. The molecule has 2 N–H and O–H groups in total. The lowest BCUT2D eigenvalue weighted by molar-refractivity contribution is -0.138. The number of carbonyl (C=O) groups excluding carboxylic acids is 1. The van der Waals surface area contributed by atoms with Gasteiger partial charge in [0, 0.05) is 13.1 Å². The lowest BCUT2D eigenvalue weighted by Gasteiger charge is -2.41. The van der Waals surface area contributed by atoms with Crippen molar-refractivity contribution in [3.8, 4) is 0 Å². The maximum absolute atomic E-state index is 12.4. The summed E-state index contributed by atoms with van der Waals surface area (Å²) in [6.45, 7) is 8.56. The SMILES string of the molecule is CCCC(C)(N)C(=O)N(C)C1CCC(C)(C)CC1. The molecule has 3 nitrogen and oxygen atoms in total. The third-order valence-electron chi connectivity index (χ3n) is 4.43. The summed E-state index contributed by atoms with van der Waals surface area (Å²) in [5, 5.41) is 0. The molecule has 0 aromatic carbocycles. The summed E-state index contributed by atoms with van der Waals surface area (Å²) in [5.41, 5.74) is 5.88. The van der Waals surface area contributed by atoms with Crippen LogP contribution in [0.1, 0.15) is 66.2 Å². The van der Waals surface area contributed by atoms with Crippen LogP contribution in [0.3, 0.4) is 0 Å². The van der Waals surface area contributed by atoms with E-state index in [1.54, 1.807) is 0 Å². The predicted molar refractivity (Wildman–Crippen MR) is 76.3 cm³/mol. The summed E-state index contributed by atoms with van der Waals surface area (Å²) in [7, 11) is 1.92. The van der Waals surface area contributed by atoms with Gasteiger partial charge in [-0.2, -0.15) is 0 Å². The minimum atomic E-state index is -0.698. The zero-order chi connectivity index (χ0) is 14.0. The number of amides is 1. The van der Waals surface area contributed by atoms with Crippen LogP contribution in [0.2, 0.25) is 0 Å². The Bertz CT molecular complexity index is 287. The van der Waals surface area contributed by atoms with Gasteiger partial charge in [-0.25, -0.2) is 0 Å². The first-order valence-corrected chi connectivity index (χ1v) is 7.26. The van der Waals surface area contributed by atoms with Gasteiger partial charge in [-0.1, -0.05) is 27.2 Å². The van der Waals surface area contributed by atoms with Crippen molar-refractivity contribution < 1.29 is 4.79 Å². The van der Waals surface area contributed by atoms with E-state index in [0.29, 0.717) is 11.5 Å². The zero-order valence-corrected chi connectivity index (χ0v) is 12.8. The Balaban J connectivity index is 2.60. The maximum atomic E-state index is 12.4. The number of likely N-dealkylation sites (N-methyl/N-ethyl adjacent to an activating group) is 1. The topological polar surface area (TPSA) is 46.3 Å². The molecule has 1 atom stereocenters. The minimum absolute atomic E-state index is 0.106. The summed E-state index contributed by atoms with van der Waals surface area (Å²) in [4.78, 5) is 14.3. The average molecular weight is 254 g/mol. The van der Waals surface area contributed by atoms with E-state index in [2.05, 4.69) is 20.8 Å². The van der Waals surface area contributed by atoms with Crippen molar-refractivity contribution in [3.63, 3.8) is 0 Å². The lowest BCUT2D eigenvalue weighted by atomic mass is 9.75. The van der Waals surface area contributed by atoms with Gasteiger partial charge in [0.25, 0.3) is 0 Å². The van der Waals surface area contributed by atoms with Crippen molar-refractivity contribution in [1.29, 1.82) is 0 Å². The Morgan fingerprint density at radius 1 is 1.39 bits per heavy atom. The summed E-state index contributed by atoms with van der Waals surface area (Å²) >= 11 is 0. The highest BCUT2D eigenvalue weighted by Crippen LogP contribution is 2.37. The molecule has 1 aliphatic carbocycles.